The lowest BCUT2D eigenvalue weighted by Gasteiger charge is -2.26. The third kappa shape index (κ3) is 2.25. The molecule has 1 heterocycles. The quantitative estimate of drug-likeness (QED) is 0.768. The van der Waals surface area contributed by atoms with E-state index in [0.29, 0.717) is 13.2 Å². The largest absolute Gasteiger partial charge is 0.598 e. The van der Waals surface area contributed by atoms with Crippen molar-refractivity contribution in [3.63, 3.8) is 0 Å². The Balaban J connectivity index is 1.98. The van der Waals surface area contributed by atoms with Crippen molar-refractivity contribution >= 4 is 18.6 Å². The average Bonchev–Trinajstić information content (AvgIpc) is 2.95. The SMILES string of the molecule is c1ccc(N(B2OCCO2)c2ccccc2)cc1. The van der Waals surface area contributed by atoms with E-state index >= 15 is 0 Å². The minimum atomic E-state index is -0.338. The van der Waals surface area contributed by atoms with Gasteiger partial charge in [0.1, 0.15) is 0 Å². The van der Waals surface area contributed by atoms with Gasteiger partial charge in [-0.25, -0.2) is 0 Å². The van der Waals surface area contributed by atoms with Crippen LogP contribution in [-0.2, 0) is 9.31 Å². The van der Waals surface area contributed by atoms with Gasteiger partial charge in [0.25, 0.3) is 0 Å². The van der Waals surface area contributed by atoms with E-state index < -0.39 is 0 Å². The highest BCUT2D eigenvalue weighted by Crippen LogP contribution is 2.27. The number of anilines is 2. The lowest BCUT2D eigenvalue weighted by atomic mass is 10.0. The van der Waals surface area contributed by atoms with E-state index in [2.05, 4.69) is 29.1 Å². The fourth-order valence-corrected chi connectivity index (χ4v) is 2.06. The molecule has 90 valence electrons. The van der Waals surface area contributed by atoms with Crippen molar-refractivity contribution < 1.29 is 9.31 Å². The summed E-state index contributed by atoms with van der Waals surface area (Å²) in [5.74, 6) is 0. The second kappa shape index (κ2) is 5.25. The van der Waals surface area contributed by atoms with E-state index in [1.54, 1.807) is 0 Å². The number of hydrogen-bond donors (Lipinski definition) is 0. The van der Waals surface area contributed by atoms with Crippen LogP contribution < -0.4 is 4.81 Å². The molecule has 0 spiro atoms. The third-order valence-corrected chi connectivity index (χ3v) is 2.88. The second-order valence-corrected chi connectivity index (χ2v) is 4.09. The first-order valence-corrected chi connectivity index (χ1v) is 6.08. The summed E-state index contributed by atoms with van der Waals surface area (Å²) in [6, 6.07) is 20.3. The van der Waals surface area contributed by atoms with Crippen LogP contribution in [0, 0.1) is 0 Å². The third-order valence-electron chi connectivity index (χ3n) is 2.88. The second-order valence-electron chi connectivity index (χ2n) is 4.09. The zero-order chi connectivity index (χ0) is 12.2. The Hall–Kier alpha value is -1.78. The molecule has 0 aromatic heterocycles. The first kappa shape index (κ1) is 11.3. The molecular formula is C14H14BNO2. The molecule has 1 aliphatic rings. The number of rotatable bonds is 3. The molecule has 18 heavy (non-hydrogen) atoms. The molecule has 0 bridgehead atoms. The van der Waals surface area contributed by atoms with Gasteiger partial charge in [-0.15, -0.1) is 0 Å². The average molecular weight is 239 g/mol. The summed E-state index contributed by atoms with van der Waals surface area (Å²) in [6.07, 6.45) is 0. The molecule has 3 nitrogen and oxygen atoms in total. The topological polar surface area (TPSA) is 21.7 Å². The maximum absolute atomic E-state index is 5.63. The van der Waals surface area contributed by atoms with Crippen molar-refractivity contribution in [2.75, 3.05) is 18.0 Å². The highest BCUT2D eigenvalue weighted by atomic mass is 16.6. The van der Waals surface area contributed by atoms with Crippen LogP contribution in [0.2, 0.25) is 0 Å². The van der Waals surface area contributed by atoms with Crippen LogP contribution in [-0.4, -0.2) is 20.5 Å². The molecular weight excluding hydrogens is 225 g/mol. The molecule has 0 saturated carbocycles. The minimum absolute atomic E-state index is 0.338. The van der Waals surface area contributed by atoms with Gasteiger partial charge in [0, 0.05) is 11.4 Å². The van der Waals surface area contributed by atoms with Crippen molar-refractivity contribution in [3.8, 4) is 0 Å². The zero-order valence-electron chi connectivity index (χ0n) is 10.0. The van der Waals surface area contributed by atoms with Crippen LogP contribution in [0.15, 0.2) is 60.7 Å². The van der Waals surface area contributed by atoms with Crippen molar-refractivity contribution in [2.24, 2.45) is 0 Å². The van der Waals surface area contributed by atoms with E-state index in [-0.39, 0.29) is 7.25 Å². The zero-order valence-corrected chi connectivity index (χ0v) is 10.0. The van der Waals surface area contributed by atoms with Gasteiger partial charge in [0.15, 0.2) is 0 Å². The van der Waals surface area contributed by atoms with Gasteiger partial charge in [0.2, 0.25) is 0 Å². The molecule has 0 amide bonds. The molecule has 1 fully saturated rings. The van der Waals surface area contributed by atoms with Gasteiger partial charge >= 0.3 is 7.25 Å². The van der Waals surface area contributed by atoms with Gasteiger partial charge in [0.05, 0.1) is 13.2 Å². The van der Waals surface area contributed by atoms with Crippen LogP contribution in [0.1, 0.15) is 0 Å². The molecule has 3 rings (SSSR count). The Kier molecular flexibility index (Phi) is 3.30. The van der Waals surface area contributed by atoms with Gasteiger partial charge in [-0.2, -0.15) is 0 Å². The number of hydrogen-bond acceptors (Lipinski definition) is 3. The van der Waals surface area contributed by atoms with Crippen molar-refractivity contribution in [1.82, 2.24) is 0 Å². The normalized spacial score (nSPS) is 14.8. The number of benzene rings is 2. The maximum atomic E-state index is 5.63. The molecule has 0 unspecified atom stereocenters. The van der Waals surface area contributed by atoms with Crippen LogP contribution in [0.5, 0.6) is 0 Å². The predicted octanol–water partition coefficient (Wildman–Crippen LogP) is 2.86. The molecule has 2 aromatic rings. The highest BCUT2D eigenvalue weighted by Gasteiger charge is 2.34. The lowest BCUT2D eigenvalue weighted by molar-refractivity contribution is 0.365. The minimum Gasteiger partial charge on any atom is -0.389 e. The van der Waals surface area contributed by atoms with Crippen molar-refractivity contribution in [3.05, 3.63) is 60.7 Å². The summed E-state index contributed by atoms with van der Waals surface area (Å²) in [6.45, 7) is 1.28. The number of para-hydroxylation sites is 2. The number of nitrogens with zero attached hydrogens (tertiary/aromatic N) is 1. The van der Waals surface area contributed by atoms with Gasteiger partial charge < -0.3 is 14.1 Å². The van der Waals surface area contributed by atoms with Gasteiger partial charge in [-0.3, -0.25) is 0 Å². The molecule has 0 atom stereocenters. The van der Waals surface area contributed by atoms with E-state index in [0.717, 1.165) is 11.4 Å². The maximum Gasteiger partial charge on any atom is 0.598 e. The summed E-state index contributed by atoms with van der Waals surface area (Å²) >= 11 is 0. The van der Waals surface area contributed by atoms with E-state index in [4.69, 9.17) is 9.31 Å². The van der Waals surface area contributed by atoms with Crippen molar-refractivity contribution in [2.45, 2.75) is 0 Å². The Morgan fingerprint density at radius 1 is 0.722 bits per heavy atom. The van der Waals surface area contributed by atoms with E-state index in [1.165, 1.54) is 0 Å². The smallest absolute Gasteiger partial charge is 0.389 e. The molecule has 0 N–H and O–H groups in total. The predicted molar refractivity (Wildman–Crippen MR) is 72.7 cm³/mol. The molecule has 2 aromatic carbocycles. The molecule has 1 aliphatic heterocycles. The summed E-state index contributed by atoms with van der Waals surface area (Å²) in [5.41, 5.74) is 2.13. The molecule has 0 radical (unpaired) electrons. The van der Waals surface area contributed by atoms with Crippen molar-refractivity contribution in [1.29, 1.82) is 0 Å². The van der Waals surface area contributed by atoms with E-state index in [1.807, 2.05) is 36.4 Å². The molecule has 0 aliphatic carbocycles. The Morgan fingerprint density at radius 2 is 1.17 bits per heavy atom. The van der Waals surface area contributed by atoms with Crippen LogP contribution in [0.3, 0.4) is 0 Å². The Labute approximate surface area is 107 Å². The first-order chi connectivity index (χ1) is 8.95. The van der Waals surface area contributed by atoms with Gasteiger partial charge in [-0.1, -0.05) is 36.4 Å². The van der Waals surface area contributed by atoms with Gasteiger partial charge in [-0.05, 0) is 24.3 Å². The summed E-state index contributed by atoms with van der Waals surface area (Å²) < 4.78 is 11.3. The highest BCUT2D eigenvalue weighted by molar-refractivity contribution is 6.52. The molecule has 1 saturated heterocycles. The Bertz CT molecular complexity index is 446. The summed E-state index contributed by atoms with van der Waals surface area (Å²) in [4.78, 5) is 2.06. The standard InChI is InChI=1S/C14H14BNO2/c1-3-7-13(8-4-1)16(15-17-11-12-18-15)14-9-5-2-6-10-14/h1-10H,11-12H2. The summed E-state index contributed by atoms with van der Waals surface area (Å²) in [7, 11) is -0.338. The lowest BCUT2D eigenvalue weighted by Crippen LogP contribution is -2.37. The van der Waals surface area contributed by atoms with Crippen LogP contribution >= 0.6 is 0 Å². The van der Waals surface area contributed by atoms with Crippen LogP contribution in [0.25, 0.3) is 0 Å². The first-order valence-electron chi connectivity index (χ1n) is 6.08. The van der Waals surface area contributed by atoms with Crippen LogP contribution in [0.4, 0.5) is 11.4 Å². The molecule has 4 heteroatoms. The monoisotopic (exact) mass is 239 g/mol. The summed E-state index contributed by atoms with van der Waals surface area (Å²) in [5, 5.41) is 0. The Morgan fingerprint density at radius 3 is 1.61 bits per heavy atom. The fraction of sp³-hybridized carbons (Fsp3) is 0.143. The van der Waals surface area contributed by atoms with E-state index in [9.17, 15) is 0 Å². The fourth-order valence-electron chi connectivity index (χ4n) is 2.06.